The van der Waals surface area contributed by atoms with Crippen molar-refractivity contribution in [2.24, 2.45) is 0 Å². The summed E-state index contributed by atoms with van der Waals surface area (Å²) in [4.78, 5) is 13.2. The Hall–Kier alpha value is -2.63. The van der Waals surface area contributed by atoms with Gasteiger partial charge in [0.15, 0.2) is 23.2 Å². The van der Waals surface area contributed by atoms with Gasteiger partial charge in [0.1, 0.15) is 24.6 Å². The van der Waals surface area contributed by atoms with Crippen LogP contribution in [0.15, 0.2) is 30.9 Å². The first-order valence-electron chi connectivity index (χ1n) is 11.7. The normalized spacial score (nSPS) is 29.2. The number of aliphatic hydroxyl groups excluding tert-OH is 3. The number of anilines is 1. The van der Waals surface area contributed by atoms with E-state index in [0.717, 1.165) is 19.3 Å². The van der Waals surface area contributed by atoms with Crippen molar-refractivity contribution in [3.8, 4) is 0 Å². The molecule has 1 aliphatic heterocycles. The number of aromatic nitrogens is 4. The zero-order chi connectivity index (χ0) is 23.8. The van der Waals surface area contributed by atoms with Gasteiger partial charge in [-0.1, -0.05) is 23.8 Å². The van der Waals surface area contributed by atoms with Crippen LogP contribution in [0.25, 0.3) is 11.2 Å². The smallest absolute Gasteiger partial charge is 0.167 e. The maximum absolute atomic E-state index is 10.4. The number of hydrogen-bond acceptors (Lipinski definition) is 9. The van der Waals surface area contributed by atoms with Gasteiger partial charge >= 0.3 is 0 Å². The van der Waals surface area contributed by atoms with Gasteiger partial charge in [-0.3, -0.25) is 4.57 Å². The second-order valence-electron chi connectivity index (χ2n) is 9.24. The Morgan fingerprint density at radius 3 is 2.79 bits per heavy atom. The van der Waals surface area contributed by atoms with Gasteiger partial charge in [-0.05, 0) is 44.2 Å². The molecule has 1 aliphatic carbocycles. The predicted octanol–water partition coefficient (Wildman–Crippen LogP) is 1.60. The highest BCUT2D eigenvalue weighted by atomic mass is 16.6. The molecule has 1 aromatic carbocycles. The summed E-state index contributed by atoms with van der Waals surface area (Å²) >= 11 is 0. The third-order valence-corrected chi connectivity index (χ3v) is 6.88. The molecule has 0 amide bonds. The van der Waals surface area contributed by atoms with Gasteiger partial charge in [-0.15, -0.1) is 0 Å². The van der Waals surface area contributed by atoms with Crippen molar-refractivity contribution >= 4 is 17.0 Å². The largest absolute Gasteiger partial charge is 0.394 e. The molecule has 0 spiro atoms. The molecule has 1 unspecified atom stereocenters. The Bertz CT molecular complexity index is 1150. The minimum atomic E-state index is -1.21. The molecule has 1 saturated heterocycles. The predicted molar refractivity (Wildman–Crippen MR) is 124 cm³/mol. The molecule has 6 atom stereocenters. The molecule has 0 radical (unpaired) electrons. The number of imidazole rings is 1. The average molecular weight is 470 g/mol. The van der Waals surface area contributed by atoms with Crippen LogP contribution >= 0.6 is 0 Å². The molecule has 5 rings (SSSR count). The molecule has 3 aromatic rings. The average Bonchev–Trinajstić information content (AvgIpc) is 3.53. The number of rotatable bonds is 7. The number of aryl methyl sites for hydroxylation is 2. The summed E-state index contributed by atoms with van der Waals surface area (Å²) in [5.74, 6) is 0.586. The zero-order valence-corrected chi connectivity index (χ0v) is 19.3. The molecule has 2 aromatic heterocycles. The molecule has 182 valence electrons. The first-order chi connectivity index (χ1) is 16.5. The van der Waals surface area contributed by atoms with E-state index in [-0.39, 0.29) is 12.1 Å². The highest BCUT2D eigenvalue weighted by Crippen LogP contribution is 2.33. The summed E-state index contributed by atoms with van der Waals surface area (Å²) in [5, 5.41) is 33.4. The Morgan fingerprint density at radius 2 is 2.00 bits per heavy atom. The van der Waals surface area contributed by atoms with Gasteiger partial charge in [0.25, 0.3) is 0 Å². The van der Waals surface area contributed by atoms with E-state index in [1.165, 1.54) is 29.3 Å². The topological polar surface area (TPSA) is 135 Å². The van der Waals surface area contributed by atoms with E-state index in [4.69, 9.17) is 9.47 Å². The van der Waals surface area contributed by atoms with Gasteiger partial charge in [0.05, 0.1) is 31.7 Å². The van der Waals surface area contributed by atoms with Crippen LogP contribution in [-0.4, -0.2) is 71.9 Å². The lowest BCUT2D eigenvalue weighted by Crippen LogP contribution is -2.33. The first-order valence-corrected chi connectivity index (χ1v) is 11.7. The van der Waals surface area contributed by atoms with Crippen molar-refractivity contribution in [2.45, 2.75) is 76.4 Å². The fourth-order valence-electron chi connectivity index (χ4n) is 4.87. The summed E-state index contributed by atoms with van der Waals surface area (Å²) in [5.41, 5.74) is 4.66. The lowest BCUT2D eigenvalue weighted by molar-refractivity contribution is -0.0511. The molecule has 0 bridgehead atoms. The molecule has 1 saturated carbocycles. The van der Waals surface area contributed by atoms with Crippen molar-refractivity contribution in [2.75, 3.05) is 11.9 Å². The van der Waals surface area contributed by atoms with Crippen LogP contribution < -0.4 is 5.32 Å². The minimum absolute atomic E-state index is 0.0486. The molecule has 10 heteroatoms. The number of nitrogens with zero attached hydrogens (tertiary/aromatic N) is 4. The molecular formula is C24H31N5O5. The maximum Gasteiger partial charge on any atom is 0.167 e. The van der Waals surface area contributed by atoms with E-state index in [0.29, 0.717) is 23.6 Å². The van der Waals surface area contributed by atoms with Crippen LogP contribution in [0, 0.1) is 13.8 Å². The quantitative estimate of drug-likeness (QED) is 0.407. The van der Waals surface area contributed by atoms with Crippen molar-refractivity contribution in [1.29, 1.82) is 0 Å². The van der Waals surface area contributed by atoms with Crippen molar-refractivity contribution in [3.63, 3.8) is 0 Å². The van der Waals surface area contributed by atoms with Crippen LogP contribution in [0.3, 0.4) is 0 Å². The lowest BCUT2D eigenvalue weighted by Gasteiger charge is -2.23. The first kappa shape index (κ1) is 23.1. The standard InChI is InChI=1S/C24H31N5O5/c1-13-6-7-14(2)15(8-13)10-33-17-5-3-4-16(17)28-22-19-23(26-11-25-22)29(12-27-19)24-21(32)20(31)18(9-30)34-24/h6-8,11-12,16-18,20-21,24,30-32H,3-5,9-10H2,1-2H3,(H,25,26,28)/t16?,17-,18-,20-,21-,24-/m1/s1. The van der Waals surface area contributed by atoms with Crippen LogP contribution in [-0.2, 0) is 16.1 Å². The number of aliphatic hydroxyl groups is 3. The van der Waals surface area contributed by atoms with Crippen LogP contribution in [0.5, 0.6) is 0 Å². The molecule has 3 heterocycles. The van der Waals surface area contributed by atoms with Crippen molar-refractivity contribution < 1.29 is 24.8 Å². The van der Waals surface area contributed by atoms with E-state index in [9.17, 15) is 15.3 Å². The van der Waals surface area contributed by atoms with Crippen molar-refractivity contribution in [1.82, 2.24) is 19.5 Å². The fourth-order valence-corrected chi connectivity index (χ4v) is 4.87. The van der Waals surface area contributed by atoms with E-state index in [2.05, 4.69) is 52.3 Å². The molecule has 34 heavy (non-hydrogen) atoms. The van der Waals surface area contributed by atoms with Crippen LogP contribution in [0.2, 0.25) is 0 Å². The monoisotopic (exact) mass is 469 g/mol. The van der Waals surface area contributed by atoms with Gasteiger partial charge in [-0.25, -0.2) is 15.0 Å². The molecule has 2 fully saturated rings. The van der Waals surface area contributed by atoms with Gasteiger partial charge in [0.2, 0.25) is 0 Å². The minimum Gasteiger partial charge on any atom is -0.394 e. The Labute approximate surface area is 197 Å². The number of hydrogen-bond donors (Lipinski definition) is 4. The lowest BCUT2D eigenvalue weighted by atomic mass is 10.1. The zero-order valence-electron chi connectivity index (χ0n) is 19.3. The number of benzene rings is 1. The van der Waals surface area contributed by atoms with E-state index in [1.54, 1.807) is 4.57 Å². The van der Waals surface area contributed by atoms with E-state index >= 15 is 0 Å². The summed E-state index contributed by atoms with van der Waals surface area (Å²) in [6, 6.07) is 6.49. The second-order valence-corrected chi connectivity index (χ2v) is 9.24. The summed E-state index contributed by atoms with van der Waals surface area (Å²) < 4.78 is 13.5. The highest BCUT2D eigenvalue weighted by molar-refractivity contribution is 5.82. The SMILES string of the molecule is Cc1ccc(C)c(CO[C@@H]2CCCC2Nc2ncnc3c2ncn3[C@@H]2O[C@H](CO)[C@@H](O)[C@H]2O)c1. The van der Waals surface area contributed by atoms with Crippen molar-refractivity contribution in [3.05, 3.63) is 47.5 Å². The number of ether oxygens (including phenoxy) is 2. The molecule has 4 N–H and O–H groups in total. The Balaban J connectivity index is 1.32. The third-order valence-electron chi connectivity index (χ3n) is 6.88. The third kappa shape index (κ3) is 4.27. The number of fused-ring (bicyclic) bond motifs is 1. The molecular weight excluding hydrogens is 438 g/mol. The van der Waals surface area contributed by atoms with Crippen LogP contribution in [0.4, 0.5) is 5.82 Å². The summed E-state index contributed by atoms with van der Waals surface area (Å²) in [6.07, 6.45) is 1.79. The van der Waals surface area contributed by atoms with Gasteiger partial charge < -0.3 is 30.1 Å². The molecule has 10 nitrogen and oxygen atoms in total. The van der Waals surface area contributed by atoms with E-state index in [1.807, 2.05) is 0 Å². The number of nitrogens with one attached hydrogen (secondary N) is 1. The summed E-state index contributed by atoms with van der Waals surface area (Å²) in [6.45, 7) is 4.36. The Kier molecular flexibility index (Phi) is 6.50. The molecule has 2 aliphatic rings. The Morgan fingerprint density at radius 1 is 1.15 bits per heavy atom. The van der Waals surface area contributed by atoms with Crippen LogP contribution in [0.1, 0.15) is 42.2 Å². The second kappa shape index (κ2) is 9.55. The maximum atomic E-state index is 10.4. The summed E-state index contributed by atoms with van der Waals surface area (Å²) in [7, 11) is 0. The highest BCUT2D eigenvalue weighted by Gasteiger charge is 2.44. The van der Waals surface area contributed by atoms with Gasteiger partial charge in [-0.2, -0.15) is 0 Å². The fraction of sp³-hybridized carbons (Fsp3) is 0.542. The van der Waals surface area contributed by atoms with Gasteiger partial charge in [0, 0.05) is 0 Å². The van der Waals surface area contributed by atoms with E-state index < -0.39 is 31.1 Å².